The van der Waals surface area contributed by atoms with Gasteiger partial charge in [0.1, 0.15) is 11.6 Å². The first-order valence-corrected chi connectivity index (χ1v) is 9.04. The van der Waals surface area contributed by atoms with Crippen LogP contribution in [-0.4, -0.2) is 27.0 Å². The van der Waals surface area contributed by atoms with Gasteiger partial charge < -0.3 is 0 Å². The molecular formula is C18H21FN4OS2. The van der Waals surface area contributed by atoms with Gasteiger partial charge in [-0.1, -0.05) is 32.5 Å². The monoisotopic (exact) mass is 392 g/mol. The third-order valence-corrected chi connectivity index (χ3v) is 5.37. The Hall–Kier alpha value is -1.85. The SMILES string of the molecule is CC(C)(C)c1ccc(-c2nc3n(c(=O)c2C#N)C[C@@H](CF)CS3)cn1.S. The van der Waals surface area contributed by atoms with Crippen molar-refractivity contribution in [3.63, 3.8) is 0 Å². The fraction of sp³-hybridized carbons (Fsp3) is 0.444. The van der Waals surface area contributed by atoms with Crippen LogP contribution in [0.1, 0.15) is 32.0 Å². The molecule has 1 aliphatic heterocycles. The smallest absolute Gasteiger partial charge is 0.272 e. The minimum Gasteiger partial charge on any atom is -0.286 e. The van der Waals surface area contributed by atoms with Crippen LogP contribution in [-0.2, 0) is 12.0 Å². The number of thioether (sulfide) groups is 1. The van der Waals surface area contributed by atoms with Crippen LogP contribution in [0, 0.1) is 17.2 Å². The number of nitriles is 1. The molecule has 26 heavy (non-hydrogen) atoms. The average molecular weight is 393 g/mol. The Balaban J connectivity index is 0.00000243. The zero-order valence-electron chi connectivity index (χ0n) is 14.9. The molecule has 0 bridgehead atoms. The lowest BCUT2D eigenvalue weighted by Crippen LogP contribution is -2.33. The van der Waals surface area contributed by atoms with Gasteiger partial charge in [-0.3, -0.25) is 18.7 Å². The first-order chi connectivity index (χ1) is 11.8. The minimum atomic E-state index is -0.485. The molecular weight excluding hydrogens is 371 g/mol. The Kier molecular flexibility index (Phi) is 6.14. The summed E-state index contributed by atoms with van der Waals surface area (Å²) in [6, 6.07) is 5.69. The number of alkyl halides is 1. The van der Waals surface area contributed by atoms with E-state index in [1.165, 1.54) is 16.3 Å². The van der Waals surface area contributed by atoms with E-state index < -0.39 is 12.2 Å². The van der Waals surface area contributed by atoms with Gasteiger partial charge >= 0.3 is 0 Å². The van der Waals surface area contributed by atoms with E-state index in [1.807, 2.05) is 18.2 Å². The van der Waals surface area contributed by atoms with E-state index in [2.05, 4.69) is 30.7 Å². The third-order valence-electron chi connectivity index (χ3n) is 4.16. The van der Waals surface area contributed by atoms with E-state index in [9.17, 15) is 14.4 Å². The molecule has 0 saturated carbocycles. The fourth-order valence-electron chi connectivity index (χ4n) is 2.69. The number of halogens is 1. The number of aromatic nitrogens is 3. The maximum atomic E-state index is 12.9. The van der Waals surface area contributed by atoms with E-state index in [4.69, 9.17) is 0 Å². The highest BCUT2D eigenvalue weighted by Gasteiger charge is 2.25. The predicted octanol–water partition coefficient (Wildman–Crippen LogP) is 3.28. The van der Waals surface area contributed by atoms with Crippen molar-refractivity contribution in [2.24, 2.45) is 5.92 Å². The summed E-state index contributed by atoms with van der Waals surface area (Å²) in [5.41, 5.74) is 1.39. The first-order valence-electron chi connectivity index (χ1n) is 8.05. The topological polar surface area (TPSA) is 71.6 Å². The van der Waals surface area contributed by atoms with Gasteiger partial charge in [0.15, 0.2) is 5.16 Å². The predicted molar refractivity (Wildman–Crippen MR) is 106 cm³/mol. The van der Waals surface area contributed by atoms with Gasteiger partial charge in [0, 0.05) is 41.1 Å². The second-order valence-electron chi connectivity index (χ2n) is 7.16. The first kappa shape index (κ1) is 20.5. The molecule has 0 aromatic carbocycles. The van der Waals surface area contributed by atoms with Crippen LogP contribution in [0.25, 0.3) is 11.3 Å². The lowest BCUT2D eigenvalue weighted by atomic mass is 9.91. The van der Waals surface area contributed by atoms with Crippen LogP contribution in [0.15, 0.2) is 28.3 Å². The van der Waals surface area contributed by atoms with Crippen LogP contribution in [0.3, 0.4) is 0 Å². The van der Waals surface area contributed by atoms with Gasteiger partial charge in [-0.2, -0.15) is 18.8 Å². The van der Waals surface area contributed by atoms with Gasteiger partial charge in [0.05, 0.1) is 12.4 Å². The molecule has 3 heterocycles. The standard InChI is InChI=1S/C18H19FN4OS.H2S/c1-18(2,3)14-5-4-12(8-21-14)15-13(7-20)16(24)23-9-11(6-19)10-25-17(23)22-15;/h4-5,8,11H,6,9-10H2,1-3H3;1H2/t11-;/m1./s1. The van der Waals surface area contributed by atoms with Crippen LogP contribution < -0.4 is 5.56 Å². The Morgan fingerprint density at radius 1 is 1.42 bits per heavy atom. The molecule has 0 fully saturated rings. The van der Waals surface area contributed by atoms with Crippen LogP contribution in [0.2, 0.25) is 0 Å². The van der Waals surface area contributed by atoms with Gasteiger partial charge in [-0.05, 0) is 12.1 Å². The van der Waals surface area contributed by atoms with Crippen molar-refractivity contribution in [3.05, 3.63) is 39.9 Å². The van der Waals surface area contributed by atoms with Crippen molar-refractivity contribution in [3.8, 4) is 17.3 Å². The molecule has 1 aliphatic rings. The molecule has 0 unspecified atom stereocenters. The molecule has 2 aromatic heterocycles. The van der Waals surface area contributed by atoms with Gasteiger partial charge in [0.25, 0.3) is 5.56 Å². The summed E-state index contributed by atoms with van der Waals surface area (Å²) in [5.74, 6) is 0.359. The zero-order valence-corrected chi connectivity index (χ0v) is 16.7. The number of nitrogens with zero attached hydrogens (tertiary/aromatic N) is 4. The highest BCUT2D eigenvalue weighted by molar-refractivity contribution is 7.99. The van der Waals surface area contributed by atoms with Crippen molar-refractivity contribution >= 4 is 25.3 Å². The molecule has 0 saturated heterocycles. The summed E-state index contributed by atoms with van der Waals surface area (Å²) in [7, 11) is 0. The molecule has 8 heteroatoms. The number of hydrogen-bond acceptors (Lipinski definition) is 5. The van der Waals surface area contributed by atoms with Gasteiger partial charge in [-0.15, -0.1) is 0 Å². The van der Waals surface area contributed by atoms with Crippen molar-refractivity contribution in [2.45, 2.75) is 37.9 Å². The molecule has 1 atom stereocenters. The molecule has 0 radical (unpaired) electrons. The molecule has 0 N–H and O–H groups in total. The third kappa shape index (κ3) is 3.79. The van der Waals surface area contributed by atoms with Crippen LogP contribution in [0.4, 0.5) is 4.39 Å². The van der Waals surface area contributed by atoms with E-state index in [1.54, 1.807) is 6.20 Å². The van der Waals surface area contributed by atoms with Crippen molar-refractivity contribution < 1.29 is 4.39 Å². The summed E-state index contributed by atoms with van der Waals surface area (Å²) >= 11 is 1.35. The Morgan fingerprint density at radius 3 is 2.69 bits per heavy atom. The molecule has 5 nitrogen and oxygen atoms in total. The fourth-order valence-corrected chi connectivity index (χ4v) is 3.74. The number of hydrogen-bond donors (Lipinski definition) is 0. The maximum Gasteiger partial charge on any atom is 0.272 e. The lowest BCUT2D eigenvalue weighted by Gasteiger charge is -2.23. The summed E-state index contributed by atoms with van der Waals surface area (Å²) in [6.45, 7) is 5.98. The molecule has 0 amide bonds. The molecule has 0 aliphatic carbocycles. The average Bonchev–Trinajstić information content (AvgIpc) is 2.60. The summed E-state index contributed by atoms with van der Waals surface area (Å²) in [4.78, 5) is 21.6. The Bertz CT molecular complexity index is 898. The van der Waals surface area contributed by atoms with E-state index in [0.29, 0.717) is 22.2 Å². The largest absolute Gasteiger partial charge is 0.286 e. The lowest BCUT2D eigenvalue weighted by molar-refractivity contribution is 0.330. The van der Waals surface area contributed by atoms with Crippen LogP contribution >= 0.6 is 25.3 Å². The van der Waals surface area contributed by atoms with E-state index >= 15 is 0 Å². The Labute approximate surface area is 163 Å². The highest BCUT2D eigenvalue weighted by atomic mass is 32.2. The van der Waals surface area contributed by atoms with Gasteiger partial charge in [0.2, 0.25) is 0 Å². The summed E-state index contributed by atoms with van der Waals surface area (Å²) < 4.78 is 14.4. The maximum absolute atomic E-state index is 12.9. The number of pyridine rings is 1. The molecule has 0 spiro atoms. The second-order valence-corrected chi connectivity index (χ2v) is 8.15. The number of fused-ring (bicyclic) bond motifs is 1. The molecule has 2 aromatic rings. The molecule has 3 rings (SSSR count). The van der Waals surface area contributed by atoms with Crippen molar-refractivity contribution in [1.82, 2.24) is 14.5 Å². The highest BCUT2D eigenvalue weighted by Crippen LogP contribution is 2.29. The molecule has 138 valence electrons. The van der Waals surface area contributed by atoms with Crippen molar-refractivity contribution in [1.29, 1.82) is 5.26 Å². The normalized spacial score (nSPS) is 16.3. The number of rotatable bonds is 2. The van der Waals surface area contributed by atoms with E-state index in [0.717, 1.165) is 5.69 Å². The zero-order chi connectivity index (χ0) is 18.2. The van der Waals surface area contributed by atoms with Gasteiger partial charge in [-0.25, -0.2) is 4.98 Å². The summed E-state index contributed by atoms with van der Waals surface area (Å²) in [6.07, 6.45) is 1.65. The minimum absolute atomic E-state index is 0. The van der Waals surface area contributed by atoms with Crippen LogP contribution in [0.5, 0.6) is 0 Å². The Morgan fingerprint density at radius 2 is 2.15 bits per heavy atom. The van der Waals surface area contributed by atoms with Crippen molar-refractivity contribution in [2.75, 3.05) is 12.4 Å². The van der Waals surface area contributed by atoms with E-state index in [-0.39, 0.29) is 36.9 Å². The second kappa shape index (κ2) is 7.80. The summed E-state index contributed by atoms with van der Waals surface area (Å²) in [5, 5.41) is 10.00. The quantitative estimate of drug-likeness (QED) is 0.734.